The van der Waals surface area contributed by atoms with Crippen LogP contribution in [-0.2, 0) is 33.4 Å². The van der Waals surface area contributed by atoms with Crippen LogP contribution in [0.15, 0.2) is 36.4 Å². The van der Waals surface area contributed by atoms with Gasteiger partial charge in [0.1, 0.15) is 0 Å². The van der Waals surface area contributed by atoms with Gasteiger partial charge in [-0.15, -0.1) is 0 Å². The molecule has 1 aromatic carbocycles. The smallest absolute Gasteiger partial charge is 0.335 e. The van der Waals surface area contributed by atoms with E-state index in [1.165, 1.54) is 30.3 Å². The first-order chi connectivity index (χ1) is 14.2. The van der Waals surface area contributed by atoms with Crippen molar-refractivity contribution in [2.75, 3.05) is 4.90 Å². The topological polar surface area (TPSA) is 137 Å². The van der Waals surface area contributed by atoms with Crippen molar-refractivity contribution in [1.29, 1.82) is 0 Å². The summed E-state index contributed by atoms with van der Waals surface area (Å²) in [6.45, 7) is 2.22. The molecule has 0 spiro atoms. The Labute approximate surface area is 170 Å². The highest BCUT2D eigenvalue weighted by Crippen LogP contribution is 2.54. The number of fused-ring (bicyclic) bond motifs is 5. The molecule has 0 aromatic heterocycles. The van der Waals surface area contributed by atoms with Crippen molar-refractivity contribution in [3.63, 3.8) is 0 Å². The monoisotopic (exact) mass is 415 g/mol. The Balaban J connectivity index is 1.75. The largest absolute Gasteiger partial charge is 0.478 e. The highest BCUT2D eigenvalue weighted by molar-refractivity contribution is 6.23. The van der Waals surface area contributed by atoms with E-state index in [0.717, 1.165) is 18.7 Å². The molecule has 30 heavy (non-hydrogen) atoms. The first kappa shape index (κ1) is 19.8. The average Bonchev–Trinajstić information content (AvgIpc) is 3.32. The van der Waals surface area contributed by atoms with Gasteiger partial charge in [-0.1, -0.05) is 12.1 Å². The quantitative estimate of drug-likeness (QED) is 0.318. The van der Waals surface area contributed by atoms with E-state index in [9.17, 15) is 29.1 Å². The van der Waals surface area contributed by atoms with E-state index in [0.29, 0.717) is 0 Å². The number of aromatic carboxylic acids is 1. The van der Waals surface area contributed by atoms with Crippen molar-refractivity contribution in [1.82, 2.24) is 0 Å². The molecule has 4 atom stereocenters. The lowest BCUT2D eigenvalue weighted by Crippen LogP contribution is -2.52. The van der Waals surface area contributed by atoms with Gasteiger partial charge >= 0.3 is 17.9 Å². The van der Waals surface area contributed by atoms with Crippen LogP contribution < -0.4 is 4.90 Å². The summed E-state index contributed by atoms with van der Waals surface area (Å²) >= 11 is 0. The van der Waals surface area contributed by atoms with Crippen LogP contribution in [0.5, 0.6) is 0 Å². The van der Waals surface area contributed by atoms with E-state index in [4.69, 9.17) is 14.2 Å². The maximum atomic E-state index is 13.3. The fraction of sp³-hybridized carbons (Fsp3) is 0.350. The van der Waals surface area contributed by atoms with E-state index < -0.39 is 59.6 Å². The molecule has 2 amide bonds. The fourth-order valence-corrected chi connectivity index (χ4v) is 4.25. The Morgan fingerprint density at radius 1 is 1.13 bits per heavy atom. The van der Waals surface area contributed by atoms with Gasteiger partial charge in [-0.2, -0.15) is 0 Å². The SMILES string of the molecule is CC(=O)OC(OC(C)=O)[C@]12C=C[C@@H](O1)[C@H]1C(=O)N(c3cccc(C(=O)O)c3)C(=O)[C@H]12. The van der Waals surface area contributed by atoms with Gasteiger partial charge in [0.25, 0.3) is 6.29 Å². The van der Waals surface area contributed by atoms with Gasteiger partial charge < -0.3 is 19.3 Å². The number of benzene rings is 1. The molecule has 1 aromatic rings. The van der Waals surface area contributed by atoms with Crippen LogP contribution in [-0.4, -0.2) is 52.8 Å². The number of carbonyl (C=O) groups is 5. The third-order valence-corrected chi connectivity index (χ3v) is 5.34. The molecule has 3 aliphatic rings. The minimum atomic E-state index is -1.65. The summed E-state index contributed by atoms with van der Waals surface area (Å²) in [6.07, 6.45) is 0.680. The van der Waals surface area contributed by atoms with Gasteiger partial charge in [0.2, 0.25) is 11.8 Å². The van der Waals surface area contributed by atoms with E-state index in [1.807, 2.05) is 0 Å². The summed E-state index contributed by atoms with van der Waals surface area (Å²) in [7, 11) is 0. The minimum absolute atomic E-state index is 0.0880. The van der Waals surface area contributed by atoms with Crippen LogP contribution in [0.25, 0.3) is 0 Å². The number of rotatable bonds is 5. The second kappa shape index (κ2) is 6.77. The summed E-state index contributed by atoms with van der Waals surface area (Å²) in [5.41, 5.74) is -1.64. The van der Waals surface area contributed by atoms with E-state index >= 15 is 0 Å². The van der Waals surface area contributed by atoms with Crippen LogP contribution in [0.3, 0.4) is 0 Å². The number of carboxylic acid groups (broad SMARTS) is 1. The second-order valence-electron chi connectivity index (χ2n) is 7.22. The maximum Gasteiger partial charge on any atom is 0.335 e. The van der Waals surface area contributed by atoms with Crippen LogP contribution in [0.4, 0.5) is 5.69 Å². The number of carboxylic acids is 1. The van der Waals surface area contributed by atoms with Crippen molar-refractivity contribution in [3.05, 3.63) is 42.0 Å². The normalized spacial score (nSPS) is 28.8. The Morgan fingerprint density at radius 2 is 1.80 bits per heavy atom. The highest BCUT2D eigenvalue weighted by atomic mass is 16.7. The molecule has 2 bridgehead atoms. The molecule has 0 saturated carbocycles. The molecule has 3 heterocycles. The van der Waals surface area contributed by atoms with Crippen molar-refractivity contribution < 1.29 is 43.3 Å². The summed E-state index contributed by atoms with van der Waals surface area (Å²) in [6, 6.07) is 5.43. The summed E-state index contributed by atoms with van der Waals surface area (Å²) in [5.74, 6) is -6.01. The molecular weight excluding hydrogens is 398 g/mol. The van der Waals surface area contributed by atoms with Gasteiger partial charge in [0.15, 0.2) is 5.60 Å². The van der Waals surface area contributed by atoms with Crippen molar-refractivity contribution >= 4 is 35.4 Å². The molecule has 2 fully saturated rings. The van der Waals surface area contributed by atoms with Crippen LogP contribution in [0, 0.1) is 11.8 Å². The van der Waals surface area contributed by atoms with Gasteiger partial charge in [-0.05, 0) is 24.3 Å². The number of amides is 2. The molecule has 2 saturated heterocycles. The summed E-state index contributed by atoms with van der Waals surface area (Å²) in [5, 5.41) is 9.21. The number of nitrogens with zero attached hydrogens (tertiary/aromatic N) is 1. The molecule has 10 nitrogen and oxygen atoms in total. The first-order valence-electron chi connectivity index (χ1n) is 9.08. The summed E-state index contributed by atoms with van der Waals surface area (Å²) in [4.78, 5) is 61.7. The number of hydrogen-bond acceptors (Lipinski definition) is 8. The zero-order valence-electron chi connectivity index (χ0n) is 15.9. The number of hydrogen-bond donors (Lipinski definition) is 1. The van der Waals surface area contributed by atoms with Crippen molar-refractivity contribution in [2.45, 2.75) is 31.8 Å². The van der Waals surface area contributed by atoms with Crippen LogP contribution >= 0.6 is 0 Å². The number of imide groups is 1. The summed E-state index contributed by atoms with van der Waals surface area (Å²) < 4.78 is 16.1. The van der Waals surface area contributed by atoms with Crippen LogP contribution in [0.2, 0.25) is 0 Å². The van der Waals surface area contributed by atoms with Crippen LogP contribution in [0.1, 0.15) is 24.2 Å². The van der Waals surface area contributed by atoms with E-state index in [2.05, 4.69) is 0 Å². The molecule has 0 aliphatic carbocycles. The molecule has 156 valence electrons. The maximum absolute atomic E-state index is 13.3. The first-order valence-corrected chi connectivity index (χ1v) is 9.08. The zero-order chi connectivity index (χ0) is 21.8. The van der Waals surface area contributed by atoms with Gasteiger partial charge in [0, 0.05) is 13.8 Å². The molecule has 1 N–H and O–H groups in total. The number of ether oxygens (including phenoxy) is 3. The number of carbonyl (C=O) groups excluding carboxylic acids is 4. The van der Waals surface area contributed by atoms with Gasteiger partial charge in [-0.25, -0.2) is 9.69 Å². The molecule has 4 rings (SSSR count). The lowest BCUT2D eigenvalue weighted by atomic mass is 9.76. The average molecular weight is 415 g/mol. The number of esters is 2. The standard InChI is InChI=1S/C20H17NO9/c1-9(22)28-19(29-10(2)23)20-7-6-13(30-20)14-15(20)17(25)21(16(14)24)12-5-3-4-11(8-12)18(26)27/h3-8,13-15,19H,1-2H3,(H,26,27)/t13-,14-,15+,20-/m1/s1. The molecule has 0 unspecified atom stereocenters. The fourth-order valence-electron chi connectivity index (χ4n) is 4.25. The number of anilines is 1. The zero-order valence-corrected chi connectivity index (χ0v) is 15.9. The lowest BCUT2D eigenvalue weighted by Gasteiger charge is -2.34. The van der Waals surface area contributed by atoms with E-state index in [1.54, 1.807) is 6.08 Å². The van der Waals surface area contributed by atoms with Crippen molar-refractivity contribution in [2.24, 2.45) is 11.8 Å². The second-order valence-corrected chi connectivity index (χ2v) is 7.22. The highest BCUT2D eigenvalue weighted by Gasteiger charge is 2.72. The molecule has 10 heteroatoms. The third kappa shape index (κ3) is 2.79. The lowest BCUT2D eigenvalue weighted by molar-refractivity contribution is -0.226. The van der Waals surface area contributed by atoms with E-state index in [-0.39, 0.29) is 11.3 Å². The molecular formula is C20H17NO9. The predicted molar refractivity (Wildman–Crippen MR) is 96.9 cm³/mol. The third-order valence-electron chi connectivity index (χ3n) is 5.34. The van der Waals surface area contributed by atoms with Gasteiger partial charge in [0.05, 0.1) is 29.2 Å². The van der Waals surface area contributed by atoms with Crippen molar-refractivity contribution in [3.8, 4) is 0 Å². The molecule has 3 aliphatic heterocycles. The minimum Gasteiger partial charge on any atom is -0.478 e. The Hall–Kier alpha value is -3.53. The Bertz CT molecular complexity index is 999. The van der Waals surface area contributed by atoms with Gasteiger partial charge in [-0.3, -0.25) is 19.2 Å². The molecule has 0 radical (unpaired) electrons. The predicted octanol–water partition coefficient (Wildman–Crippen LogP) is 0.650. The Kier molecular flexibility index (Phi) is 4.46. The Morgan fingerprint density at radius 3 is 2.40 bits per heavy atom.